The molecule has 1 N–H and O–H groups in total. The molecule has 1 amide bonds. The summed E-state index contributed by atoms with van der Waals surface area (Å²) in [4.78, 5) is 15.6. The Morgan fingerprint density at radius 2 is 2.06 bits per heavy atom. The number of hydrogen-bond acceptors (Lipinski definition) is 3. The standard InChI is InChI=1S/C12H20N2O2/c1-3-6-14(7-4-2)12(16)10-13-8-5-11(15)9-13/h3-4,11,15H,1-2,5-10H2. The molecule has 16 heavy (non-hydrogen) atoms. The number of hydrogen-bond donors (Lipinski definition) is 1. The lowest BCUT2D eigenvalue weighted by Crippen LogP contribution is -2.40. The van der Waals surface area contributed by atoms with Gasteiger partial charge in [0.15, 0.2) is 0 Å². The molecule has 1 heterocycles. The minimum absolute atomic E-state index is 0.0638. The molecule has 1 aliphatic heterocycles. The van der Waals surface area contributed by atoms with Crippen molar-refractivity contribution in [1.29, 1.82) is 0 Å². The van der Waals surface area contributed by atoms with Crippen LogP contribution in [0.3, 0.4) is 0 Å². The van der Waals surface area contributed by atoms with E-state index < -0.39 is 0 Å². The highest BCUT2D eigenvalue weighted by molar-refractivity contribution is 5.78. The van der Waals surface area contributed by atoms with Crippen molar-refractivity contribution < 1.29 is 9.90 Å². The zero-order valence-corrected chi connectivity index (χ0v) is 9.64. The van der Waals surface area contributed by atoms with Crippen molar-refractivity contribution in [2.45, 2.75) is 12.5 Å². The molecule has 1 rings (SSSR count). The van der Waals surface area contributed by atoms with Crippen LogP contribution in [-0.4, -0.2) is 59.6 Å². The minimum atomic E-state index is -0.278. The van der Waals surface area contributed by atoms with Crippen molar-refractivity contribution in [2.75, 3.05) is 32.7 Å². The molecule has 1 aliphatic rings. The lowest BCUT2D eigenvalue weighted by Gasteiger charge is -2.22. The summed E-state index contributed by atoms with van der Waals surface area (Å²) in [6.45, 7) is 10.1. The van der Waals surface area contributed by atoms with Crippen molar-refractivity contribution in [3.63, 3.8) is 0 Å². The number of nitrogens with zero attached hydrogens (tertiary/aromatic N) is 2. The number of aliphatic hydroxyl groups excluding tert-OH is 1. The van der Waals surface area contributed by atoms with Gasteiger partial charge in [-0.05, 0) is 6.42 Å². The van der Waals surface area contributed by atoms with Crippen LogP contribution in [0.4, 0.5) is 0 Å². The van der Waals surface area contributed by atoms with E-state index in [0.717, 1.165) is 13.0 Å². The van der Waals surface area contributed by atoms with Crippen LogP contribution in [0.15, 0.2) is 25.3 Å². The van der Waals surface area contributed by atoms with Gasteiger partial charge in [-0.1, -0.05) is 12.2 Å². The largest absolute Gasteiger partial charge is 0.392 e. The van der Waals surface area contributed by atoms with Gasteiger partial charge in [0.25, 0.3) is 0 Å². The molecule has 1 fully saturated rings. The highest BCUT2D eigenvalue weighted by Crippen LogP contribution is 2.08. The maximum atomic E-state index is 11.9. The minimum Gasteiger partial charge on any atom is -0.392 e. The zero-order chi connectivity index (χ0) is 12.0. The predicted molar refractivity (Wildman–Crippen MR) is 64.0 cm³/mol. The van der Waals surface area contributed by atoms with Crippen LogP contribution in [0, 0.1) is 0 Å². The molecule has 1 saturated heterocycles. The molecule has 1 atom stereocenters. The van der Waals surface area contributed by atoms with Crippen molar-refractivity contribution in [1.82, 2.24) is 9.80 Å². The van der Waals surface area contributed by atoms with Crippen molar-refractivity contribution in [3.05, 3.63) is 25.3 Å². The number of β-amino-alcohol motifs (C(OH)–C–C–N with tert-alkyl or cyclic N) is 1. The van der Waals surface area contributed by atoms with E-state index in [4.69, 9.17) is 0 Å². The third-order valence-electron chi connectivity index (χ3n) is 2.66. The Bertz CT molecular complexity index is 256. The number of aliphatic hydroxyl groups is 1. The van der Waals surface area contributed by atoms with Crippen molar-refractivity contribution in [3.8, 4) is 0 Å². The molecular formula is C12H20N2O2. The fraction of sp³-hybridized carbons (Fsp3) is 0.583. The van der Waals surface area contributed by atoms with Gasteiger partial charge in [-0.2, -0.15) is 0 Å². The number of carbonyl (C=O) groups is 1. The van der Waals surface area contributed by atoms with E-state index in [1.54, 1.807) is 17.1 Å². The van der Waals surface area contributed by atoms with Crippen LogP contribution in [0.25, 0.3) is 0 Å². The molecule has 4 nitrogen and oxygen atoms in total. The molecule has 0 spiro atoms. The maximum absolute atomic E-state index is 11.9. The Morgan fingerprint density at radius 3 is 2.50 bits per heavy atom. The first-order valence-corrected chi connectivity index (χ1v) is 5.57. The van der Waals surface area contributed by atoms with Gasteiger partial charge in [0.1, 0.15) is 0 Å². The van der Waals surface area contributed by atoms with Crippen LogP contribution >= 0.6 is 0 Å². The summed E-state index contributed by atoms with van der Waals surface area (Å²) in [7, 11) is 0. The van der Waals surface area contributed by atoms with Crippen LogP contribution in [0.5, 0.6) is 0 Å². The topological polar surface area (TPSA) is 43.8 Å². The molecular weight excluding hydrogens is 204 g/mol. The van der Waals surface area contributed by atoms with E-state index in [-0.39, 0.29) is 12.0 Å². The Balaban J connectivity index is 2.41. The SMILES string of the molecule is C=CCN(CC=C)C(=O)CN1CCC(O)C1. The fourth-order valence-electron chi connectivity index (χ4n) is 1.84. The molecule has 90 valence electrons. The average molecular weight is 224 g/mol. The van der Waals surface area contributed by atoms with Gasteiger partial charge in [0, 0.05) is 26.2 Å². The lowest BCUT2D eigenvalue weighted by atomic mass is 10.3. The smallest absolute Gasteiger partial charge is 0.237 e. The van der Waals surface area contributed by atoms with Gasteiger partial charge in [-0.25, -0.2) is 0 Å². The third-order valence-corrected chi connectivity index (χ3v) is 2.66. The van der Waals surface area contributed by atoms with Crippen LogP contribution < -0.4 is 0 Å². The molecule has 0 bridgehead atoms. The summed E-state index contributed by atoms with van der Waals surface area (Å²) in [5.41, 5.74) is 0. The van der Waals surface area contributed by atoms with Crippen LogP contribution in [0.1, 0.15) is 6.42 Å². The van der Waals surface area contributed by atoms with E-state index in [2.05, 4.69) is 13.2 Å². The van der Waals surface area contributed by atoms with E-state index in [0.29, 0.717) is 26.2 Å². The summed E-state index contributed by atoms with van der Waals surface area (Å²) in [6, 6.07) is 0. The Hall–Kier alpha value is -1.13. The maximum Gasteiger partial charge on any atom is 0.237 e. The second-order valence-corrected chi connectivity index (χ2v) is 4.05. The molecule has 0 aliphatic carbocycles. The molecule has 0 radical (unpaired) electrons. The first-order chi connectivity index (χ1) is 7.67. The summed E-state index contributed by atoms with van der Waals surface area (Å²) < 4.78 is 0. The Kier molecular flexibility index (Phi) is 5.22. The van der Waals surface area contributed by atoms with Gasteiger partial charge in [-0.3, -0.25) is 9.69 Å². The third kappa shape index (κ3) is 3.79. The van der Waals surface area contributed by atoms with Crippen molar-refractivity contribution in [2.24, 2.45) is 0 Å². The van der Waals surface area contributed by atoms with E-state index in [1.807, 2.05) is 4.90 Å². The van der Waals surface area contributed by atoms with Gasteiger partial charge < -0.3 is 10.0 Å². The van der Waals surface area contributed by atoms with Crippen LogP contribution in [-0.2, 0) is 4.79 Å². The monoisotopic (exact) mass is 224 g/mol. The highest BCUT2D eigenvalue weighted by Gasteiger charge is 2.23. The number of likely N-dealkylation sites (tertiary alicyclic amines) is 1. The first-order valence-electron chi connectivity index (χ1n) is 5.57. The second kappa shape index (κ2) is 6.45. The quantitative estimate of drug-likeness (QED) is 0.658. The predicted octanol–water partition coefficient (Wildman–Crippen LogP) is 0.254. The lowest BCUT2D eigenvalue weighted by molar-refractivity contribution is -0.131. The zero-order valence-electron chi connectivity index (χ0n) is 9.64. The van der Waals surface area contributed by atoms with Crippen molar-refractivity contribution >= 4 is 5.91 Å². The Morgan fingerprint density at radius 1 is 1.44 bits per heavy atom. The molecule has 0 saturated carbocycles. The average Bonchev–Trinajstić information content (AvgIpc) is 2.63. The summed E-state index contributed by atoms with van der Waals surface area (Å²) in [5, 5.41) is 9.36. The number of amides is 1. The van der Waals surface area contributed by atoms with E-state index in [9.17, 15) is 9.90 Å². The van der Waals surface area contributed by atoms with E-state index >= 15 is 0 Å². The Labute approximate surface area is 96.8 Å². The van der Waals surface area contributed by atoms with Gasteiger partial charge in [0.2, 0.25) is 5.91 Å². The molecule has 0 aromatic rings. The molecule has 0 aromatic carbocycles. The second-order valence-electron chi connectivity index (χ2n) is 4.05. The molecule has 4 heteroatoms. The first kappa shape index (κ1) is 12.9. The number of rotatable bonds is 6. The van der Waals surface area contributed by atoms with Gasteiger partial charge >= 0.3 is 0 Å². The fourth-order valence-corrected chi connectivity index (χ4v) is 1.84. The van der Waals surface area contributed by atoms with E-state index in [1.165, 1.54) is 0 Å². The molecule has 1 unspecified atom stereocenters. The normalized spacial score (nSPS) is 20.7. The summed E-state index contributed by atoms with van der Waals surface area (Å²) >= 11 is 0. The van der Waals surface area contributed by atoms with Crippen LogP contribution in [0.2, 0.25) is 0 Å². The number of carbonyl (C=O) groups excluding carboxylic acids is 1. The van der Waals surface area contributed by atoms with Gasteiger partial charge in [0.05, 0.1) is 12.6 Å². The summed E-state index contributed by atoms with van der Waals surface area (Å²) in [6.07, 6.45) is 3.90. The molecule has 0 aromatic heterocycles. The summed E-state index contributed by atoms with van der Waals surface area (Å²) in [5.74, 6) is 0.0638. The highest BCUT2D eigenvalue weighted by atomic mass is 16.3. The van der Waals surface area contributed by atoms with Gasteiger partial charge in [-0.15, -0.1) is 13.2 Å².